The number of nitrogens with zero attached hydrogens (tertiary/aromatic N) is 2. The van der Waals surface area contributed by atoms with Crippen molar-refractivity contribution in [3.8, 4) is 0 Å². The van der Waals surface area contributed by atoms with E-state index < -0.39 is 6.04 Å². The minimum Gasteiger partial charge on any atom is -0.347 e. The van der Waals surface area contributed by atoms with Gasteiger partial charge in [-0.25, -0.2) is 0 Å². The molecule has 5 heteroatoms. The Morgan fingerprint density at radius 2 is 1.58 bits per heavy atom. The topological polar surface area (TPSA) is 57.7 Å². The summed E-state index contributed by atoms with van der Waals surface area (Å²) in [5.41, 5.74) is 0.948. The molecule has 136 valence electrons. The average molecular weight is 352 g/mol. The second-order valence-corrected chi connectivity index (χ2v) is 7.83. The van der Waals surface area contributed by atoms with E-state index in [1.807, 2.05) is 30.3 Å². The maximum absolute atomic E-state index is 13.2. The van der Waals surface area contributed by atoms with E-state index in [1.54, 1.807) is 14.1 Å². The lowest BCUT2D eigenvalue weighted by Gasteiger charge is -2.38. The summed E-state index contributed by atoms with van der Waals surface area (Å²) in [7, 11) is 3.34. The van der Waals surface area contributed by atoms with Crippen LogP contribution in [0, 0.1) is 23.7 Å². The number of likely N-dealkylation sites (N-methyl/N-ethyl adjacent to an activating group) is 1. The first-order valence-electron chi connectivity index (χ1n) is 9.29. The lowest BCUT2D eigenvalue weighted by atomic mass is 9.63. The highest BCUT2D eigenvalue weighted by Crippen LogP contribution is 2.50. The first-order chi connectivity index (χ1) is 12.5. The van der Waals surface area contributed by atoms with Gasteiger partial charge in [0, 0.05) is 20.5 Å². The first-order valence-corrected chi connectivity index (χ1v) is 9.29. The highest BCUT2D eigenvalue weighted by Gasteiger charge is 2.58. The number of carbonyl (C=O) groups excluding carboxylic acids is 3. The summed E-state index contributed by atoms with van der Waals surface area (Å²) in [5.74, 6) is -0.796. The van der Waals surface area contributed by atoms with Crippen LogP contribution < -0.4 is 0 Å². The minimum atomic E-state index is -0.766. The fourth-order valence-electron chi connectivity index (χ4n) is 4.83. The minimum absolute atomic E-state index is 0.137. The van der Waals surface area contributed by atoms with Crippen LogP contribution >= 0.6 is 0 Å². The number of hydrogen-bond donors (Lipinski definition) is 0. The summed E-state index contributed by atoms with van der Waals surface area (Å²) >= 11 is 0. The van der Waals surface area contributed by atoms with Gasteiger partial charge in [0.1, 0.15) is 6.04 Å². The van der Waals surface area contributed by atoms with Crippen molar-refractivity contribution in [2.45, 2.75) is 25.3 Å². The molecule has 3 amide bonds. The molecule has 5 atom stereocenters. The number of hydrogen-bond acceptors (Lipinski definition) is 3. The quantitative estimate of drug-likeness (QED) is 0.614. The van der Waals surface area contributed by atoms with Crippen molar-refractivity contribution < 1.29 is 14.4 Å². The molecule has 1 saturated heterocycles. The molecule has 1 saturated carbocycles. The number of carbonyl (C=O) groups is 3. The Bertz CT molecular complexity index is 739. The van der Waals surface area contributed by atoms with Gasteiger partial charge in [0.2, 0.25) is 17.7 Å². The molecule has 0 N–H and O–H groups in total. The lowest BCUT2D eigenvalue weighted by Crippen LogP contribution is -2.51. The zero-order valence-electron chi connectivity index (χ0n) is 15.2. The summed E-state index contributed by atoms with van der Waals surface area (Å²) in [6, 6.07) is 8.82. The monoisotopic (exact) mass is 352 g/mol. The summed E-state index contributed by atoms with van der Waals surface area (Å²) in [6.45, 7) is 0. The normalized spacial score (nSPS) is 30.5. The van der Waals surface area contributed by atoms with Gasteiger partial charge in [-0.2, -0.15) is 0 Å². The van der Waals surface area contributed by atoms with Crippen LogP contribution in [-0.4, -0.2) is 47.7 Å². The van der Waals surface area contributed by atoms with Crippen molar-refractivity contribution in [3.05, 3.63) is 48.0 Å². The van der Waals surface area contributed by atoms with Gasteiger partial charge < -0.3 is 4.90 Å². The van der Waals surface area contributed by atoms with Crippen molar-refractivity contribution in [1.29, 1.82) is 0 Å². The number of rotatable bonds is 4. The third-order valence-electron chi connectivity index (χ3n) is 6.10. The smallest absolute Gasteiger partial charge is 0.245 e. The standard InChI is InChI=1S/C21H24N2O3/c1-22(2)19(24)16(12-13-6-4-3-5-7-13)23-20(25)17-14-8-9-15(11-10-14)18(17)21(23)26/h3-9,14-18H,10-12H2,1-2H3/t14-,15-,16-,17-,18+/m0/s1. The zero-order chi connectivity index (χ0) is 18.4. The molecule has 4 aliphatic rings. The fourth-order valence-corrected chi connectivity index (χ4v) is 4.83. The average Bonchev–Trinajstić information content (AvgIpc) is 2.94. The molecule has 5 nitrogen and oxygen atoms in total. The highest BCUT2D eigenvalue weighted by molar-refractivity contribution is 6.09. The van der Waals surface area contributed by atoms with Gasteiger partial charge in [-0.15, -0.1) is 0 Å². The summed E-state index contributed by atoms with van der Waals surface area (Å²) in [4.78, 5) is 42.0. The molecule has 1 aromatic carbocycles. The molecule has 3 aliphatic carbocycles. The molecule has 1 aliphatic heterocycles. The molecule has 0 aromatic heterocycles. The van der Waals surface area contributed by atoms with E-state index in [0.717, 1.165) is 18.4 Å². The largest absolute Gasteiger partial charge is 0.347 e. The van der Waals surface area contributed by atoms with Crippen LogP contribution in [-0.2, 0) is 20.8 Å². The first kappa shape index (κ1) is 17.0. The number of fused-ring (bicyclic) bond motifs is 1. The Hall–Kier alpha value is -2.43. The van der Waals surface area contributed by atoms with Gasteiger partial charge in [-0.1, -0.05) is 42.5 Å². The lowest BCUT2D eigenvalue weighted by molar-refractivity contribution is -0.150. The molecular weight excluding hydrogens is 328 g/mol. The van der Waals surface area contributed by atoms with Gasteiger partial charge in [0.05, 0.1) is 11.8 Å². The fraction of sp³-hybridized carbons (Fsp3) is 0.476. The molecular formula is C21H24N2O3. The van der Waals surface area contributed by atoms with Gasteiger partial charge >= 0.3 is 0 Å². The van der Waals surface area contributed by atoms with Crippen LogP contribution in [0.3, 0.4) is 0 Å². The van der Waals surface area contributed by atoms with E-state index in [9.17, 15) is 14.4 Å². The number of allylic oxidation sites excluding steroid dienone is 2. The molecule has 0 radical (unpaired) electrons. The van der Waals surface area contributed by atoms with Crippen LogP contribution in [0.15, 0.2) is 42.5 Å². The van der Waals surface area contributed by atoms with Crippen molar-refractivity contribution in [1.82, 2.24) is 9.80 Å². The Morgan fingerprint density at radius 1 is 1.04 bits per heavy atom. The Balaban J connectivity index is 1.68. The molecule has 2 bridgehead atoms. The van der Waals surface area contributed by atoms with Crippen molar-refractivity contribution in [2.24, 2.45) is 23.7 Å². The van der Waals surface area contributed by atoms with Crippen molar-refractivity contribution >= 4 is 17.7 Å². The van der Waals surface area contributed by atoms with Crippen molar-refractivity contribution in [2.75, 3.05) is 14.1 Å². The summed E-state index contributed by atoms with van der Waals surface area (Å²) in [6.07, 6.45) is 6.48. The van der Waals surface area contributed by atoms with Gasteiger partial charge in [0.15, 0.2) is 0 Å². The van der Waals surface area contributed by atoms with Gasteiger partial charge in [-0.05, 0) is 30.2 Å². The van der Waals surface area contributed by atoms with Gasteiger partial charge in [0.25, 0.3) is 0 Å². The predicted octanol–water partition coefficient (Wildman–Crippen LogP) is 1.88. The highest BCUT2D eigenvalue weighted by atomic mass is 16.2. The third kappa shape index (κ3) is 2.57. The van der Waals surface area contributed by atoms with Crippen LogP contribution in [0.2, 0.25) is 0 Å². The van der Waals surface area contributed by atoms with Crippen LogP contribution in [0.4, 0.5) is 0 Å². The molecule has 1 aromatic rings. The summed E-state index contributed by atoms with van der Waals surface area (Å²) in [5, 5.41) is 0. The van der Waals surface area contributed by atoms with Crippen molar-refractivity contribution in [3.63, 3.8) is 0 Å². The van der Waals surface area contributed by atoms with Gasteiger partial charge in [-0.3, -0.25) is 19.3 Å². The Kier molecular flexibility index (Phi) is 4.17. The second-order valence-electron chi connectivity index (χ2n) is 7.83. The second kappa shape index (κ2) is 6.38. The van der Waals surface area contributed by atoms with E-state index in [1.165, 1.54) is 9.80 Å². The van der Waals surface area contributed by atoms with Crippen LogP contribution in [0.25, 0.3) is 0 Å². The molecule has 0 unspecified atom stereocenters. The van der Waals surface area contributed by atoms with Crippen LogP contribution in [0.5, 0.6) is 0 Å². The number of likely N-dealkylation sites (tertiary alicyclic amines) is 1. The van der Waals surface area contributed by atoms with E-state index in [0.29, 0.717) is 6.42 Å². The predicted molar refractivity (Wildman–Crippen MR) is 96.8 cm³/mol. The molecule has 2 fully saturated rings. The maximum Gasteiger partial charge on any atom is 0.245 e. The van der Waals surface area contributed by atoms with Crippen LogP contribution in [0.1, 0.15) is 18.4 Å². The Labute approximate surface area is 153 Å². The molecule has 5 rings (SSSR count). The number of benzene rings is 1. The molecule has 26 heavy (non-hydrogen) atoms. The molecule has 0 spiro atoms. The number of imide groups is 1. The SMILES string of the molecule is CN(C)C(=O)[C@H](Cc1ccccc1)N1C(=O)[C@@H]2[C@H](C1=O)[C@H]1C=C[C@H]2CC1. The van der Waals surface area contributed by atoms with E-state index in [2.05, 4.69) is 12.2 Å². The maximum atomic E-state index is 13.2. The summed E-state index contributed by atoms with van der Waals surface area (Å²) < 4.78 is 0. The number of amides is 3. The van der Waals surface area contributed by atoms with E-state index in [-0.39, 0.29) is 41.4 Å². The van der Waals surface area contributed by atoms with E-state index >= 15 is 0 Å². The third-order valence-corrected chi connectivity index (χ3v) is 6.10. The molecule has 1 heterocycles. The zero-order valence-corrected chi connectivity index (χ0v) is 15.2. The Morgan fingerprint density at radius 3 is 2.04 bits per heavy atom. The van der Waals surface area contributed by atoms with E-state index in [4.69, 9.17) is 0 Å².